The molecule has 0 fully saturated rings. The van der Waals surface area contributed by atoms with E-state index in [1.165, 1.54) is 4.88 Å². The SMILES string of the molecule is CCc1ccc(-c2nnc(C(N)c3ccccc3)o2)s1. The minimum absolute atomic E-state index is 0.386. The molecule has 3 rings (SSSR count). The van der Waals surface area contributed by atoms with Crippen molar-refractivity contribution >= 4 is 11.3 Å². The predicted octanol–water partition coefficient (Wildman–Crippen LogP) is 3.41. The molecule has 2 aromatic heterocycles. The minimum Gasteiger partial charge on any atom is -0.418 e. The van der Waals surface area contributed by atoms with E-state index in [1.54, 1.807) is 11.3 Å². The van der Waals surface area contributed by atoms with Crippen molar-refractivity contribution < 1.29 is 4.42 Å². The first-order valence-corrected chi connectivity index (χ1v) is 7.32. The van der Waals surface area contributed by atoms with Gasteiger partial charge in [-0.3, -0.25) is 0 Å². The molecule has 0 saturated carbocycles. The van der Waals surface area contributed by atoms with E-state index in [-0.39, 0.29) is 6.04 Å². The zero-order valence-corrected chi connectivity index (χ0v) is 11.9. The molecular formula is C15H15N3OS. The number of nitrogens with zero attached hydrogens (tertiary/aromatic N) is 2. The van der Waals surface area contributed by atoms with Crippen LogP contribution in [-0.2, 0) is 6.42 Å². The first-order chi connectivity index (χ1) is 9.78. The molecule has 5 heteroatoms. The molecule has 4 nitrogen and oxygen atoms in total. The Bertz CT molecular complexity index is 690. The molecule has 0 radical (unpaired) electrons. The van der Waals surface area contributed by atoms with E-state index >= 15 is 0 Å². The summed E-state index contributed by atoms with van der Waals surface area (Å²) in [6, 6.07) is 13.5. The van der Waals surface area contributed by atoms with Gasteiger partial charge in [-0.1, -0.05) is 37.3 Å². The van der Waals surface area contributed by atoms with Gasteiger partial charge >= 0.3 is 0 Å². The molecule has 0 saturated heterocycles. The molecule has 0 bridgehead atoms. The summed E-state index contributed by atoms with van der Waals surface area (Å²) in [6.07, 6.45) is 1.01. The maximum Gasteiger partial charge on any atom is 0.257 e. The molecule has 0 aliphatic rings. The van der Waals surface area contributed by atoms with Crippen molar-refractivity contribution in [2.75, 3.05) is 0 Å². The number of aryl methyl sites for hydroxylation is 1. The average Bonchev–Trinajstić information content (AvgIpc) is 3.16. The van der Waals surface area contributed by atoms with Crippen LogP contribution in [0.15, 0.2) is 46.9 Å². The smallest absolute Gasteiger partial charge is 0.257 e. The van der Waals surface area contributed by atoms with Gasteiger partial charge in [-0.05, 0) is 24.1 Å². The van der Waals surface area contributed by atoms with E-state index in [0.29, 0.717) is 11.8 Å². The summed E-state index contributed by atoms with van der Waals surface area (Å²) < 4.78 is 5.71. The molecule has 1 atom stereocenters. The molecule has 2 N–H and O–H groups in total. The van der Waals surface area contributed by atoms with Crippen LogP contribution >= 0.6 is 11.3 Å². The van der Waals surface area contributed by atoms with E-state index in [2.05, 4.69) is 23.2 Å². The Morgan fingerprint density at radius 2 is 1.95 bits per heavy atom. The standard InChI is InChI=1S/C15H15N3OS/c1-2-11-8-9-12(20-11)14-17-18-15(19-14)13(16)10-6-4-3-5-7-10/h3-9,13H,2,16H2,1H3. The lowest BCUT2D eigenvalue weighted by atomic mass is 10.1. The maximum absolute atomic E-state index is 6.15. The Labute approximate surface area is 121 Å². The normalized spacial score (nSPS) is 12.5. The third kappa shape index (κ3) is 2.50. The molecule has 3 aromatic rings. The summed E-state index contributed by atoms with van der Waals surface area (Å²) in [5.41, 5.74) is 7.11. The summed E-state index contributed by atoms with van der Waals surface area (Å²) in [4.78, 5) is 2.29. The molecule has 0 amide bonds. The van der Waals surface area contributed by atoms with Gasteiger partial charge in [-0.2, -0.15) is 0 Å². The summed E-state index contributed by atoms with van der Waals surface area (Å²) in [6.45, 7) is 2.13. The van der Waals surface area contributed by atoms with Gasteiger partial charge in [-0.25, -0.2) is 0 Å². The van der Waals surface area contributed by atoms with Crippen molar-refractivity contribution in [3.63, 3.8) is 0 Å². The molecule has 102 valence electrons. The Morgan fingerprint density at radius 3 is 2.65 bits per heavy atom. The second kappa shape index (κ2) is 5.56. The quantitative estimate of drug-likeness (QED) is 0.797. The number of hydrogen-bond acceptors (Lipinski definition) is 5. The number of benzene rings is 1. The molecular weight excluding hydrogens is 270 g/mol. The number of rotatable bonds is 4. The van der Waals surface area contributed by atoms with Gasteiger partial charge in [0.1, 0.15) is 6.04 Å². The van der Waals surface area contributed by atoms with Gasteiger partial charge in [0.05, 0.1) is 4.88 Å². The summed E-state index contributed by atoms with van der Waals surface area (Å²) in [5, 5.41) is 8.16. The summed E-state index contributed by atoms with van der Waals surface area (Å²) in [5.74, 6) is 0.980. The van der Waals surface area contributed by atoms with Crippen molar-refractivity contribution in [2.24, 2.45) is 5.73 Å². The first kappa shape index (κ1) is 13.0. The Balaban J connectivity index is 1.86. The van der Waals surface area contributed by atoms with Crippen molar-refractivity contribution in [2.45, 2.75) is 19.4 Å². The van der Waals surface area contributed by atoms with E-state index < -0.39 is 0 Å². The largest absolute Gasteiger partial charge is 0.418 e. The highest BCUT2D eigenvalue weighted by atomic mass is 32.1. The van der Waals surface area contributed by atoms with Crippen LogP contribution in [0.5, 0.6) is 0 Å². The van der Waals surface area contributed by atoms with Crippen LogP contribution in [0.4, 0.5) is 0 Å². The van der Waals surface area contributed by atoms with Crippen molar-refractivity contribution in [3.8, 4) is 10.8 Å². The van der Waals surface area contributed by atoms with Crippen molar-refractivity contribution in [1.29, 1.82) is 0 Å². The van der Waals surface area contributed by atoms with Crippen LogP contribution < -0.4 is 5.73 Å². The van der Waals surface area contributed by atoms with Crippen LogP contribution in [-0.4, -0.2) is 10.2 Å². The molecule has 20 heavy (non-hydrogen) atoms. The van der Waals surface area contributed by atoms with Gasteiger partial charge in [-0.15, -0.1) is 21.5 Å². The lowest BCUT2D eigenvalue weighted by Gasteiger charge is -2.05. The van der Waals surface area contributed by atoms with Crippen LogP contribution in [0.1, 0.15) is 29.3 Å². The van der Waals surface area contributed by atoms with Crippen LogP contribution in [0.3, 0.4) is 0 Å². The third-order valence-corrected chi connectivity index (χ3v) is 4.30. The third-order valence-electron chi connectivity index (χ3n) is 3.09. The molecule has 0 spiro atoms. The molecule has 0 aliphatic heterocycles. The lowest BCUT2D eigenvalue weighted by Crippen LogP contribution is -2.11. The van der Waals surface area contributed by atoms with Crippen molar-refractivity contribution in [1.82, 2.24) is 10.2 Å². The first-order valence-electron chi connectivity index (χ1n) is 6.51. The Morgan fingerprint density at radius 1 is 1.15 bits per heavy atom. The fraction of sp³-hybridized carbons (Fsp3) is 0.200. The topological polar surface area (TPSA) is 64.9 Å². The van der Waals surface area contributed by atoms with Crippen molar-refractivity contribution in [3.05, 3.63) is 58.8 Å². The highest BCUT2D eigenvalue weighted by Crippen LogP contribution is 2.29. The summed E-state index contributed by atoms with van der Waals surface area (Å²) in [7, 11) is 0. The Hall–Kier alpha value is -1.98. The number of aromatic nitrogens is 2. The van der Waals surface area contributed by atoms with Gasteiger partial charge in [0.2, 0.25) is 5.89 Å². The van der Waals surface area contributed by atoms with E-state index in [0.717, 1.165) is 16.9 Å². The van der Waals surface area contributed by atoms with Gasteiger partial charge < -0.3 is 10.2 Å². The van der Waals surface area contributed by atoms with Gasteiger partial charge in [0.15, 0.2) is 0 Å². The predicted molar refractivity (Wildman–Crippen MR) is 79.5 cm³/mol. The van der Waals surface area contributed by atoms with E-state index in [9.17, 15) is 0 Å². The van der Waals surface area contributed by atoms with Crippen LogP contribution in [0.2, 0.25) is 0 Å². The highest BCUT2D eigenvalue weighted by molar-refractivity contribution is 7.15. The zero-order valence-electron chi connectivity index (χ0n) is 11.1. The van der Waals surface area contributed by atoms with Gasteiger partial charge in [0, 0.05) is 4.88 Å². The highest BCUT2D eigenvalue weighted by Gasteiger charge is 2.17. The second-order valence-corrected chi connectivity index (χ2v) is 5.62. The Kier molecular flexibility index (Phi) is 3.62. The van der Waals surface area contributed by atoms with Crippen LogP contribution in [0, 0.1) is 0 Å². The molecule has 1 aromatic carbocycles. The fourth-order valence-corrected chi connectivity index (χ4v) is 2.81. The summed E-state index contributed by atoms with van der Waals surface area (Å²) >= 11 is 1.67. The molecule has 1 unspecified atom stereocenters. The molecule has 2 heterocycles. The fourth-order valence-electron chi connectivity index (χ4n) is 1.95. The minimum atomic E-state index is -0.386. The van der Waals surface area contributed by atoms with E-state index in [1.807, 2.05) is 36.4 Å². The maximum atomic E-state index is 6.15. The zero-order chi connectivity index (χ0) is 13.9. The number of thiophene rings is 1. The molecule has 0 aliphatic carbocycles. The number of nitrogens with two attached hydrogens (primary N) is 1. The lowest BCUT2D eigenvalue weighted by molar-refractivity contribution is 0.485. The van der Waals surface area contributed by atoms with E-state index in [4.69, 9.17) is 10.2 Å². The van der Waals surface area contributed by atoms with Gasteiger partial charge in [0.25, 0.3) is 5.89 Å². The second-order valence-electron chi connectivity index (χ2n) is 4.45. The van der Waals surface area contributed by atoms with Crippen LogP contribution in [0.25, 0.3) is 10.8 Å². The average molecular weight is 285 g/mol. The number of hydrogen-bond donors (Lipinski definition) is 1. The monoisotopic (exact) mass is 285 g/mol.